The minimum atomic E-state index is 0.484. The first-order valence-corrected chi connectivity index (χ1v) is 6.61. The van der Waals surface area contributed by atoms with E-state index in [0.29, 0.717) is 10.6 Å². The van der Waals surface area contributed by atoms with Gasteiger partial charge in [0.2, 0.25) is 0 Å². The number of furan rings is 1. The number of hydrogen-bond donors (Lipinski definition) is 1. The second kappa shape index (κ2) is 4.08. The van der Waals surface area contributed by atoms with E-state index >= 15 is 0 Å². The quantitative estimate of drug-likeness (QED) is 0.849. The zero-order valence-corrected chi connectivity index (χ0v) is 10.2. The van der Waals surface area contributed by atoms with Crippen molar-refractivity contribution in [1.29, 1.82) is 0 Å². The van der Waals surface area contributed by atoms with Crippen molar-refractivity contribution < 1.29 is 4.42 Å². The molecule has 0 radical (unpaired) electrons. The van der Waals surface area contributed by atoms with Crippen LogP contribution in [0.2, 0.25) is 5.22 Å². The molecule has 1 heterocycles. The van der Waals surface area contributed by atoms with Gasteiger partial charge in [0.1, 0.15) is 5.76 Å². The fourth-order valence-corrected chi connectivity index (χ4v) is 3.10. The van der Waals surface area contributed by atoms with E-state index in [1.165, 1.54) is 32.1 Å². The normalized spacial score (nSPS) is 23.1. The van der Waals surface area contributed by atoms with E-state index in [4.69, 9.17) is 16.0 Å². The zero-order valence-electron chi connectivity index (χ0n) is 9.47. The van der Waals surface area contributed by atoms with Gasteiger partial charge in [-0.25, -0.2) is 0 Å². The second-order valence-electron chi connectivity index (χ2n) is 5.30. The molecule has 3 heteroatoms. The van der Waals surface area contributed by atoms with Crippen LogP contribution < -0.4 is 5.32 Å². The fourth-order valence-electron chi connectivity index (χ4n) is 2.94. The zero-order chi connectivity index (χ0) is 11.0. The van der Waals surface area contributed by atoms with E-state index in [9.17, 15) is 0 Å². The molecule has 1 aromatic heterocycles. The van der Waals surface area contributed by atoms with Crippen LogP contribution in [0.25, 0.3) is 0 Å². The van der Waals surface area contributed by atoms with Gasteiger partial charge in [-0.2, -0.15) is 0 Å². The van der Waals surface area contributed by atoms with Gasteiger partial charge in [0.15, 0.2) is 5.22 Å². The van der Waals surface area contributed by atoms with E-state index < -0.39 is 0 Å². The monoisotopic (exact) mass is 239 g/mol. The lowest BCUT2D eigenvalue weighted by molar-refractivity contribution is 0.0979. The van der Waals surface area contributed by atoms with E-state index in [0.717, 1.165) is 24.8 Å². The molecule has 1 aromatic rings. The molecule has 2 nitrogen and oxygen atoms in total. The molecule has 16 heavy (non-hydrogen) atoms. The maximum atomic E-state index is 5.73. The molecular weight excluding hydrogens is 222 g/mol. The lowest BCUT2D eigenvalue weighted by Crippen LogP contribution is -2.41. The first kappa shape index (κ1) is 10.7. The molecule has 88 valence electrons. The highest BCUT2D eigenvalue weighted by Crippen LogP contribution is 2.56. The van der Waals surface area contributed by atoms with Gasteiger partial charge < -0.3 is 9.73 Å². The molecule has 0 aromatic carbocycles. The van der Waals surface area contributed by atoms with Crippen molar-refractivity contribution in [2.75, 3.05) is 6.54 Å². The minimum absolute atomic E-state index is 0.484. The summed E-state index contributed by atoms with van der Waals surface area (Å²) in [5.41, 5.74) is 0.635. The summed E-state index contributed by atoms with van der Waals surface area (Å²) in [7, 11) is 0. The highest BCUT2D eigenvalue weighted by Gasteiger charge is 2.48. The van der Waals surface area contributed by atoms with E-state index in [2.05, 4.69) is 5.32 Å². The summed E-state index contributed by atoms with van der Waals surface area (Å²) in [5, 5.41) is 4.01. The third kappa shape index (κ3) is 2.01. The summed E-state index contributed by atoms with van der Waals surface area (Å²) in [4.78, 5) is 0. The van der Waals surface area contributed by atoms with Gasteiger partial charge in [-0.05, 0) is 60.7 Å². The van der Waals surface area contributed by atoms with E-state index in [1.807, 2.05) is 6.07 Å². The molecule has 3 rings (SSSR count). The van der Waals surface area contributed by atoms with Gasteiger partial charge in [0, 0.05) is 6.54 Å². The summed E-state index contributed by atoms with van der Waals surface area (Å²) in [5.74, 6) is 1.95. The molecular formula is C13H18ClNO. The van der Waals surface area contributed by atoms with Gasteiger partial charge in [-0.15, -0.1) is 0 Å². The molecule has 2 fully saturated rings. The third-order valence-electron chi connectivity index (χ3n) is 4.20. The van der Waals surface area contributed by atoms with Gasteiger partial charge in [-0.1, -0.05) is 6.42 Å². The molecule has 2 saturated carbocycles. The molecule has 2 aliphatic rings. The molecule has 0 amide bonds. The van der Waals surface area contributed by atoms with Crippen LogP contribution in [0, 0.1) is 11.3 Å². The number of halogens is 1. The van der Waals surface area contributed by atoms with Crippen molar-refractivity contribution in [3.63, 3.8) is 0 Å². The van der Waals surface area contributed by atoms with Crippen molar-refractivity contribution in [1.82, 2.24) is 5.32 Å². The number of nitrogens with one attached hydrogen (secondary N) is 1. The fraction of sp³-hybridized carbons (Fsp3) is 0.692. The van der Waals surface area contributed by atoms with Crippen LogP contribution in [-0.4, -0.2) is 6.54 Å². The van der Waals surface area contributed by atoms with E-state index in [1.54, 1.807) is 6.07 Å². The molecule has 0 unspecified atom stereocenters. The van der Waals surface area contributed by atoms with Crippen LogP contribution >= 0.6 is 11.6 Å². The Kier molecular flexibility index (Phi) is 2.72. The van der Waals surface area contributed by atoms with Crippen molar-refractivity contribution in [3.05, 3.63) is 23.1 Å². The predicted molar refractivity (Wildman–Crippen MR) is 64.4 cm³/mol. The molecule has 0 saturated heterocycles. The van der Waals surface area contributed by atoms with Crippen LogP contribution in [0.1, 0.15) is 37.9 Å². The highest BCUT2D eigenvalue weighted by atomic mass is 35.5. The predicted octanol–water partition coefficient (Wildman–Crippen LogP) is 3.60. The topological polar surface area (TPSA) is 25.2 Å². The van der Waals surface area contributed by atoms with Crippen LogP contribution in [0.4, 0.5) is 0 Å². The maximum absolute atomic E-state index is 5.73. The Morgan fingerprint density at radius 2 is 2.19 bits per heavy atom. The molecule has 1 N–H and O–H groups in total. The molecule has 2 aliphatic carbocycles. The van der Waals surface area contributed by atoms with Gasteiger partial charge in [-0.3, -0.25) is 0 Å². The minimum Gasteiger partial charge on any atom is -0.448 e. The summed E-state index contributed by atoms with van der Waals surface area (Å²) >= 11 is 5.73. The number of rotatable bonds is 5. The first-order chi connectivity index (χ1) is 7.78. The molecule has 0 spiro atoms. The van der Waals surface area contributed by atoms with Crippen LogP contribution in [0.3, 0.4) is 0 Å². The lowest BCUT2D eigenvalue weighted by atomic mass is 9.65. The van der Waals surface area contributed by atoms with E-state index in [-0.39, 0.29) is 0 Å². The summed E-state index contributed by atoms with van der Waals surface area (Å²) in [6.07, 6.45) is 7.17. The van der Waals surface area contributed by atoms with Crippen LogP contribution in [-0.2, 0) is 6.54 Å². The molecule has 0 bridgehead atoms. The molecule has 0 atom stereocenters. The smallest absolute Gasteiger partial charge is 0.193 e. The van der Waals surface area contributed by atoms with Gasteiger partial charge >= 0.3 is 0 Å². The van der Waals surface area contributed by atoms with Crippen molar-refractivity contribution in [2.24, 2.45) is 11.3 Å². The Morgan fingerprint density at radius 1 is 1.38 bits per heavy atom. The SMILES string of the molecule is Clc1ccc(CNCC2(C3CC3)CCC2)o1. The Balaban J connectivity index is 1.49. The average Bonchev–Trinajstić information content (AvgIpc) is 2.96. The number of hydrogen-bond acceptors (Lipinski definition) is 2. The highest BCUT2D eigenvalue weighted by molar-refractivity contribution is 6.28. The van der Waals surface area contributed by atoms with Crippen molar-refractivity contribution >= 4 is 11.6 Å². The largest absolute Gasteiger partial charge is 0.448 e. The Bertz CT molecular complexity index is 366. The standard InChI is InChI=1S/C13H18ClNO/c14-12-5-4-11(16-12)8-15-9-13(6-1-7-13)10-2-3-10/h4-5,10,15H,1-3,6-9H2. The summed E-state index contributed by atoms with van der Waals surface area (Å²) < 4.78 is 5.33. The van der Waals surface area contributed by atoms with Crippen LogP contribution in [0.5, 0.6) is 0 Å². The Morgan fingerprint density at radius 3 is 2.69 bits per heavy atom. The maximum Gasteiger partial charge on any atom is 0.193 e. The Labute approximate surface area is 101 Å². The van der Waals surface area contributed by atoms with Gasteiger partial charge in [0.05, 0.1) is 6.54 Å². The van der Waals surface area contributed by atoms with Crippen LogP contribution in [0.15, 0.2) is 16.5 Å². The lowest BCUT2D eigenvalue weighted by Gasteiger charge is -2.42. The van der Waals surface area contributed by atoms with Crippen molar-refractivity contribution in [2.45, 2.75) is 38.6 Å². The Hall–Kier alpha value is -0.470. The summed E-state index contributed by atoms with van der Waals surface area (Å²) in [6, 6.07) is 3.75. The summed E-state index contributed by atoms with van der Waals surface area (Å²) in [6.45, 7) is 1.96. The second-order valence-corrected chi connectivity index (χ2v) is 5.67. The van der Waals surface area contributed by atoms with Gasteiger partial charge in [0.25, 0.3) is 0 Å². The third-order valence-corrected chi connectivity index (χ3v) is 4.40. The average molecular weight is 240 g/mol. The first-order valence-electron chi connectivity index (χ1n) is 6.23. The molecule has 0 aliphatic heterocycles. The van der Waals surface area contributed by atoms with Crippen molar-refractivity contribution in [3.8, 4) is 0 Å².